The molecule has 0 fully saturated rings. The molecule has 0 saturated heterocycles. The van der Waals surface area contributed by atoms with Crippen LogP contribution in [0.25, 0.3) is 0 Å². The monoisotopic (exact) mass is 192 g/mol. The Labute approximate surface area is 94.7 Å². The average Bonchev–Trinajstić information content (AvgIpc) is 2.03. The second-order valence-electron chi connectivity index (χ2n) is 2.17. The van der Waals surface area contributed by atoms with Gasteiger partial charge >= 0.3 is 29.6 Å². The number of rotatable bonds is 3. The predicted molar refractivity (Wildman–Crippen MR) is 39.3 cm³/mol. The van der Waals surface area contributed by atoms with E-state index in [9.17, 15) is 19.5 Å². The number of nitrogen functional groups attached to an aromatic ring is 1. The van der Waals surface area contributed by atoms with Gasteiger partial charge in [-0.3, -0.25) is 9.59 Å². The fourth-order valence-electron chi connectivity index (χ4n) is 0.745. The molecule has 0 unspecified atom stereocenters. The molecule has 0 aliphatic rings. The van der Waals surface area contributed by atoms with Gasteiger partial charge in [-0.15, -0.1) is 0 Å². The number of hydrogen-bond donors (Lipinski definition) is 2. The molecule has 0 atom stereocenters. The number of carbonyl (C=O) groups excluding carboxylic acids is 1. The van der Waals surface area contributed by atoms with Gasteiger partial charge in [0.1, 0.15) is 11.4 Å². The van der Waals surface area contributed by atoms with E-state index in [-0.39, 0.29) is 40.9 Å². The van der Waals surface area contributed by atoms with Crippen LogP contribution in [0.2, 0.25) is 0 Å². The van der Waals surface area contributed by atoms with Crippen molar-refractivity contribution >= 4 is 17.3 Å². The minimum atomic E-state index is -1.37. The Balaban J connectivity index is 0.00000144. The molecule has 1 aromatic rings. The van der Waals surface area contributed by atoms with E-state index in [0.29, 0.717) is 0 Å². The number of nitrogens with two attached hydrogens (primary N) is 1. The zero-order valence-electron chi connectivity index (χ0n) is 6.92. The van der Waals surface area contributed by atoms with Gasteiger partial charge in [-0.25, -0.2) is 0 Å². The van der Waals surface area contributed by atoms with Crippen LogP contribution in [0.5, 0.6) is 0 Å². The van der Waals surface area contributed by atoms with Crippen LogP contribution in [-0.4, -0.2) is 12.5 Å². The quantitative estimate of drug-likeness (QED) is 0.364. The Morgan fingerprint density at radius 2 is 1.92 bits per heavy atom. The van der Waals surface area contributed by atoms with Gasteiger partial charge in [-0.2, -0.15) is 0 Å². The molecule has 0 spiro atoms. The van der Waals surface area contributed by atoms with Gasteiger partial charge < -0.3 is 21.0 Å². The summed E-state index contributed by atoms with van der Waals surface area (Å²) in [4.78, 5) is 31.0. The van der Waals surface area contributed by atoms with E-state index in [0.717, 1.165) is 0 Å². The first-order valence-corrected chi connectivity index (χ1v) is 3.06. The second-order valence-corrected chi connectivity index (χ2v) is 2.17. The third kappa shape index (κ3) is 2.30. The Hall–Kier alpha value is -0.850. The normalized spacial score (nSPS) is 9.23. The minimum absolute atomic E-state index is 0. The number of anilines is 2. The Bertz CT molecular complexity index is 393. The van der Waals surface area contributed by atoms with Gasteiger partial charge in [0.25, 0.3) is 10.9 Å². The van der Waals surface area contributed by atoms with Crippen LogP contribution in [0, 0.1) is 0 Å². The maximum atomic E-state index is 10.6. The number of carbonyl (C=O) groups is 1. The van der Waals surface area contributed by atoms with Crippen LogP contribution in [0.3, 0.4) is 0 Å². The molecule has 1 rings (SSSR count). The summed E-state index contributed by atoms with van der Waals surface area (Å²) >= 11 is 0. The molecule has 0 saturated carbocycles. The van der Waals surface area contributed by atoms with Crippen LogP contribution in [0.4, 0.5) is 11.4 Å². The van der Waals surface area contributed by atoms with Crippen molar-refractivity contribution in [3.63, 3.8) is 0 Å². The van der Waals surface area contributed by atoms with Crippen LogP contribution >= 0.6 is 0 Å². The standard InChI is InChI=1S/C6H6N2O4.Na/c7-3-4(6(12)5(3)11)8-1-2(9)10;/h8H,1,7H2,(H,9,10);/q;+1/p-1. The summed E-state index contributed by atoms with van der Waals surface area (Å²) in [5.74, 6) is -1.37. The van der Waals surface area contributed by atoms with E-state index < -0.39 is 23.4 Å². The Kier molecular flexibility index (Phi) is 4.12. The molecule has 0 radical (unpaired) electrons. The molecule has 13 heavy (non-hydrogen) atoms. The molecule has 0 heterocycles. The maximum Gasteiger partial charge on any atom is 1.00 e. The zero-order valence-corrected chi connectivity index (χ0v) is 8.92. The summed E-state index contributed by atoms with van der Waals surface area (Å²) in [6.45, 7) is -0.533. The SMILES string of the molecule is Nc1c(NCC(=O)[O-])c(=O)c1=O.[Na+]. The van der Waals surface area contributed by atoms with Gasteiger partial charge in [-0.1, -0.05) is 0 Å². The van der Waals surface area contributed by atoms with Crippen molar-refractivity contribution in [2.75, 3.05) is 17.6 Å². The summed E-state index contributed by atoms with van der Waals surface area (Å²) in [6, 6.07) is 0. The van der Waals surface area contributed by atoms with Crippen molar-refractivity contribution in [1.29, 1.82) is 0 Å². The minimum Gasteiger partial charge on any atom is -0.548 e. The van der Waals surface area contributed by atoms with E-state index >= 15 is 0 Å². The Morgan fingerprint density at radius 1 is 1.38 bits per heavy atom. The predicted octanol–water partition coefficient (Wildman–Crippen LogP) is -5.97. The van der Waals surface area contributed by atoms with E-state index in [2.05, 4.69) is 5.32 Å². The largest absolute Gasteiger partial charge is 1.00 e. The molecule has 0 aromatic heterocycles. The maximum absolute atomic E-state index is 10.6. The first-order valence-electron chi connectivity index (χ1n) is 3.06. The molecule has 0 aliphatic heterocycles. The second kappa shape index (κ2) is 4.40. The summed E-state index contributed by atoms with van der Waals surface area (Å²) < 4.78 is 0. The molecule has 6 nitrogen and oxygen atoms in total. The van der Waals surface area contributed by atoms with Crippen LogP contribution in [0.15, 0.2) is 9.59 Å². The number of aliphatic carboxylic acids is 1. The van der Waals surface area contributed by atoms with Gasteiger partial charge in [0.05, 0.1) is 12.5 Å². The van der Waals surface area contributed by atoms with Gasteiger partial charge in [0.15, 0.2) is 0 Å². The van der Waals surface area contributed by atoms with Crippen molar-refractivity contribution in [2.45, 2.75) is 0 Å². The van der Waals surface area contributed by atoms with E-state index in [1.807, 2.05) is 0 Å². The Morgan fingerprint density at radius 3 is 2.31 bits per heavy atom. The van der Waals surface area contributed by atoms with Crippen molar-refractivity contribution in [1.82, 2.24) is 0 Å². The summed E-state index contributed by atoms with van der Waals surface area (Å²) in [5.41, 5.74) is 3.16. The number of carboxylic acid groups (broad SMARTS) is 1. The number of carboxylic acids is 1. The third-order valence-corrected chi connectivity index (χ3v) is 1.36. The van der Waals surface area contributed by atoms with Crippen molar-refractivity contribution in [2.24, 2.45) is 0 Å². The molecule has 64 valence electrons. The molecule has 0 aliphatic carbocycles. The zero-order chi connectivity index (χ0) is 9.30. The summed E-state index contributed by atoms with van der Waals surface area (Å²) in [7, 11) is 0. The fourth-order valence-corrected chi connectivity index (χ4v) is 0.745. The van der Waals surface area contributed by atoms with Crippen LogP contribution in [0.1, 0.15) is 0 Å². The third-order valence-electron chi connectivity index (χ3n) is 1.36. The molecule has 1 aromatic carbocycles. The van der Waals surface area contributed by atoms with Crippen molar-refractivity contribution in [3.8, 4) is 0 Å². The first kappa shape index (κ1) is 12.2. The first-order chi connectivity index (χ1) is 5.54. The van der Waals surface area contributed by atoms with E-state index in [4.69, 9.17) is 5.73 Å². The summed E-state index contributed by atoms with van der Waals surface area (Å²) in [6.07, 6.45) is 0. The molecule has 0 amide bonds. The topological polar surface area (TPSA) is 112 Å². The van der Waals surface area contributed by atoms with E-state index in [1.165, 1.54) is 0 Å². The molecular weight excluding hydrogens is 187 g/mol. The van der Waals surface area contributed by atoms with Gasteiger partial charge in [0, 0.05) is 0 Å². The number of nitrogens with one attached hydrogen (secondary N) is 1. The van der Waals surface area contributed by atoms with Gasteiger partial charge in [-0.05, 0) is 0 Å². The van der Waals surface area contributed by atoms with Crippen molar-refractivity contribution < 1.29 is 39.5 Å². The molecule has 7 heteroatoms. The summed E-state index contributed by atoms with van der Waals surface area (Å²) in [5, 5.41) is 12.1. The fraction of sp³-hybridized carbons (Fsp3) is 0.167. The molecular formula is C6H5N2NaO4. The van der Waals surface area contributed by atoms with Crippen molar-refractivity contribution in [3.05, 3.63) is 20.4 Å². The number of hydrogen-bond acceptors (Lipinski definition) is 6. The van der Waals surface area contributed by atoms with Gasteiger partial charge in [0.2, 0.25) is 0 Å². The molecule has 3 N–H and O–H groups in total. The van der Waals surface area contributed by atoms with Crippen LogP contribution < -0.4 is 56.6 Å². The molecule has 0 bridgehead atoms. The smallest absolute Gasteiger partial charge is 0.548 e. The van der Waals surface area contributed by atoms with Crippen LogP contribution in [-0.2, 0) is 4.79 Å². The van der Waals surface area contributed by atoms with E-state index in [1.54, 1.807) is 0 Å². The average molecular weight is 192 g/mol.